The molecule has 5 heteroatoms. The van der Waals surface area contributed by atoms with Crippen molar-refractivity contribution in [2.24, 2.45) is 0 Å². The van der Waals surface area contributed by atoms with E-state index in [1.807, 2.05) is 6.92 Å². The van der Waals surface area contributed by atoms with Crippen LogP contribution in [-0.2, 0) is 19.0 Å². The summed E-state index contributed by atoms with van der Waals surface area (Å²) in [7, 11) is 0. The molecule has 0 saturated carbocycles. The van der Waals surface area contributed by atoms with Gasteiger partial charge in [-0.1, -0.05) is 12.2 Å². The zero-order valence-corrected chi connectivity index (χ0v) is 9.19. The number of rotatable bonds is 5. The molecule has 1 atom stereocenters. The van der Waals surface area contributed by atoms with E-state index in [0.29, 0.717) is 0 Å². The Morgan fingerprint density at radius 3 is 2.53 bits per heavy atom. The normalized spacial score (nSPS) is 12.2. The number of carbonyl (C=O) groups excluding carboxylic acids is 2. The largest absolute Gasteiger partial charge is 0.509 e. The van der Waals surface area contributed by atoms with Gasteiger partial charge in [0.25, 0.3) is 0 Å². The minimum atomic E-state index is -0.950. The summed E-state index contributed by atoms with van der Waals surface area (Å²) in [6, 6.07) is 0. The summed E-state index contributed by atoms with van der Waals surface area (Å²) in [5.41, 5.74) is 0. The number of ether oxygens (including phenoxy) is 3. The predicted molar refractivity (Wildman–Crippen MR) is 53.3 cm³/mol. The summed E-state index contributed by atoms with van der Waals surface area (Å²) in [5.74, 6) is -0.596. The summed E-state index contributed by atoms with van der Waals surface area (Å²) in [4.78, 5) is 22.0. The highest BCUT2D eigenvalue weighted by Crippen LogP contribution is 1.97. The van der Waals surface area contributed by atoms with Crippen LogP contribution in [0.3, 0.4) is 0 Å². The van der Waals surface area contributed by atoms with Gasteiger partial charge >= 0.3 is 12.1 Å². The molecule has 0 bridgehead atoms. The lowest BCUT2D eigenvalue weighted by Gasteiger charge is -2.11. The summed E-state index contributed by atoms with van der Waals surface area (Å²) in [6.07, 6.45) is 1.61. The quantitative estimate of drug-likeness (QED) is 0.516. The van der Waals surface area contributed by atoms with Gasteiger partial charge in [0, 0.05) is 0 Å². The molecule has 0 aromatic heterocycles. The molecule has 86 valence electrons. The van der Waals surface area contributed by atoms with Gasteiger partial charge in [-0.2, -0.15) is 0 Å². The standard InChI is InChI=1S/C10H16O5/c1-4-6-7-14-9(11)8(3)15-10(12)13-5-2/h4,6,8H,5,7H2,1-3H3/b6-4-/t8-/m1/s1. The summed E-state index contributed by atoms with van der Waals surface area (Å²) in [6.45, 7) is 5.27. The second-order valence-corrected chi connectivity index (χ2v) is 2.64. The van der Waals surface area contributed by atoms with Gasteiger partial charge in [-0.15, -0.1) is 0 Å². The van der Waals surface area contributed by atoms with Crippen molar-refractivity contribution in [2.75, 3.05) is 13.2 Å². The van der Waals surface area contributed by atoms with Crippen LogP contribution in [0.1, 0.15) is 20.8 Å². The number of carbonyl (C=O) groups is 2. The summed E-state index contributed by atoms with van der Waals surface area (Å²) < 4.78 is 13.9. The molecule has 0 N–H and O–H groups in total. The van der Waals surface area contributed by atoms with E-state index in [2.05, 4.69) is 9.47 Å². The highest BCUT2D eigenvalue weighted by atomic mass is 16.7. The first kappa shape index (κ1) is 13.5. The van der Waals surface area contributed by atoms with E-state index >= 15 is 0 Å². The Morgan fingerprint density at radius 1 is 1.33 bits per heavy atom. The molecule has 0 aliphatic rings. The third kappa shape index (κ3) is 6.54. The van der Waals surface area contributed by atoms with Crippen LogP contribution in [0.5, 0.6) is 0 Å². The van der Waals surface area contributed by atoms with Gasteiger partial charge in [0.2, 0.25) is 0 Å². The van der Waals surface area contributed by atoms with E-state index < -0.39 is 18.2 Å². The molecule has 0 aromatic carbocycles. The number of allylic oxidation sites excluding steroid dienone is 1. The lowest BCUT2D eigenvalue weighted by Crippen LogP contribution is -2.26. The fourth-order valence-electron chi connectivity index (χ4n) is 0.688. The predicted octanol–water partition coefficient (Wildman–Crippen LogP) is 1.67. The number of hydrogen-bond donors (Lipinski definition) is 0. The van der Waals surface area contributed by atoms with E-state index in [4.69, 9.17) is 4.74 Å². The molecule has 0 radical (unpaired) electrons. The second-order valence-electron chi connectivity index (χ2n) is 2.64. The van der Waals surface area contributed by atoms with Crippen LogP contribution >= 0.6 is 0 Å². The maximum absolute atomic E-state index is 11.2. The molecular weight excluding hydrogens is 200 g/mol. The van der Waals surface area contributed by atoms with Crippen LogP contribution in [0.2, 0.25) is 0 Å². The molecule has 15 heavy (non-hydrogen) atoms. The van der Waals surface area contributed by atoms with Crippen molar-refractivity contribution >= 4 is 12.1 Å². The third-order valence-corrected chi connectivity index (χ3v) is 1.42. The Hall–Kier alpha value is -1.52. The number of esters is 1. The average Bonchev–Trinajstić information content (AvgIpc) is 2.18. The Bertz CT molecular complexity index is 234. The van der Waals surface area contributed by atoms with Gasteiger partial charge in [0.05, 0.1) is 6.61 Å². The van der Waals surface area contributed by atoms with Crippen molar-refractivity contribution in [2.45, 2.75) is 26.9 Å². The van der Waals surface area contributed by atoms with Gasteiger partial charge in [0.15, 0.2) is 6.10 Å². The van der Waals surface area contributed by atoms with Crippen LogP contribution in [-0.4, -0.2) is 31.4 Å². The first-order valence-electron chi connectivity index (χ1n) is 4.73. The van der Waals surface area contributed by atoms with Crippen LogP contribution in [0.4, 0.5) is 4.79 Å². The fourth-order valence-corrected chi connectivity index (χ4v) is 0.688. The van der Waals surface area contributed by atoms with Crippen molar-refractivity contribution in [3.05, 3.63) is 12.2 Å². The summed E-state index contributed by atoms with van der Waals surface area (Å²) in [5, 5.41) is 0. The lowest BCUT2D eigenvalue weighted by atomic mass is 10.4. The van der Waals surface area contributed by atoms with E-state index in [0.717, 1.165) is 0 Å². The average molecular weight is 216 g/mol. The zero-order valence-electron chi connectivity index (χ0n) is 9.19. The van der Waals surface area contributed by atoms with Crippen molar-refractivity contribution in [1.82, 2.24) is 0 Å². The molecule has 0 aliphatic carbocycles. The molecule has 0 saturated heterocycles. The Balaban J connectivity index is 3.82. The van der Waals surface area contributed by atoms with E-state index in [1.54, 1.807) is 19.1 Å². The smallest absolute Gasteiger partial charge is 0.459 e. The molecule has 0 heterocycles. The maximum Gasteiger partial charge on any atom is 0.509 e. The van der Waals surface area contributed by atoms with Crippen LogP contribution < -0.4 is 0 Å². The molecule has 0 rings (SSSR count). The van der Waals surface area contributed by atoms with Crippen molar-refractivity contribution in [3.63, 3.8) is 0 Å². The van der Waals surface area contributed by atoms with E-state index in [-0.39, 0.29) is 13.2 Å². The van der Waals surface area contributed by atoms with E-state index in [9.17, 15) is 9.59 Å². The van der Waals surface area contributed by atoms with E-state index in [1.165, 1.54) is 6.92 Å². The lowest BCUT2D eigenvalue weighted by molar-refractivity contribution is -0.152. The molecule has 0 unspecified atom stereocenters. The minimum absolute atomic E-state index is 0.172. The Kier molecular flexibility index (Phi) is 7.05. The van der Waals surface area contributed by atoms with Gasteiger partial charge in [0.1, 0.15) is 6.61 Å². The van der Waals surface area contributed by atoms with Gasteiger partial charge < -0.3 is 14.2 Å². The Labute approximate surface area is 89.0 Å². The van der Waals surface area contributed by atoms with Crippen LogP contribution in [0.25, 0.3) is 0 Å². The monoisotopic (exact) mass is 216 g/mol. The number of hydrogen-bond acceptors (Lipinski definition) is 5. The summed E-state index contributed by atoms with van der Waals surface area (Å²) >= 11 is 0. The van der Waals surface area contributed by atoms with Crippen molar-refractivity contribution < 1.29 is 23.8 Å². The molecule has 0 fully saturated rings. The first-order chi connectivity index (χ1) is 7.11. The molecule has 0 aromatic rings. The second kappa shape index (κ2) is 7.84. The van der Waals surface area contributed by atoms with Gasteiger partial charge in [-0.25, -0.2) is 9.59 Å². The SMILES string of the molecule is C/C=C\COC(=O)[C@@H](C)OC(=O)OCC. The first-order valence-corrected chi connectivity index (χ1v) is 4.73. The van der Waals surface area contributed by atoms with Crippen molar-refractivity contribution in [3.8, 4) is 0 Å². The molecule has 5 nitrogen and oxygen atoms in total. The topological polar surface area (TPSA) is 61.8 Å². The Morgan fingerprint density at radius 2 is 2.00 bits per heavy atom. The highest BCUT2D eigenvalue weighted by Gasteiger charge is 2.19. The third-order valence-electron chi connectivity index (χ3n) is 1.42. The fraction of sp³-hybridized carbons (Fsp3) is 0.600. The zero-order chi connectivity index (χ0) is 11.7. The van der Waals surface area contributed by atoms with Crippen LogP contribution in [0.15, 0.2) is 12.2 Å². The maximum atomic E-state index is 11.2. The van der Waals surface area contributed by atoms with Crippen molar-refractivity contribution in [1.29, 1.82) is 0 Å². The molecule has 0 amide bonds. The molecule has 0 spiro atoms. The highest BCUT2D eigenvalue weighted by molar-refractivity contribution is 5.77. The molecular formula is C10H16O5. The molecule has 0 aliphatic heterocycles. The van der Waals surface area contributed by atoms with Gasteiger partial charge in [-0.05, 0) is 20.8 Å². The minimum Gasteiger partial charge on any atom is -0.459 e. The van der Waals surface area contributed by atoms with Crippen LogP contribution in [0, 0.1) is 0 Å². The van der Waals surface area contributed by atoms with Gasteiger partial charge in [-0.3, -0.25) is 0 Å².